The molecule has 0 saturated heterocycles. The van der Waals surface area contributed by atoms with Crippen LogP contribution < -0.4 is 11.1 Å². The van der Waals surface area contributed by atoms with Crippen molar-refractivity contribution in [2.75, 3.05) is 11.1 Å². The van der Waals surface area contributed by atoms with Gasteiger partial charge in [-0.2, -0.15) is 0 Å². The lowest BCUT2D eigenvalue weighted by molar-refractivity contribution is 0.102. The molecular formula is C23H21ClN4O. The molecule has 0 aliphatic rings. The molecule has 3 N–H and O–H groups in total. The van der Waals surface area contributed by atoms with E-state index in [1.807, 2.05) is 24.3 Å². The third-order valence-electron chi connectivity index (χ3n) is 4.25. The Morgan fingerprint density at radius 3 is 2.31 bits per heavy atom. The topological polar surface area (TPSA) is 80.9 Å². The predicted molar refractivity (Wildman–Crippen MR) is 117 cm³/mol. The van der Waals surface area contributed by atoms with Crippen molar-refractivity contribution < 1.29 is 4.79 Å². The molecule has 6 heteroatoms. The SMILES string of the molecule is CC(C)(C)c1ccc(NC(=O)c2ccc(Cl)c(C#Cc3cnc(N)nc3)c2)cc1. The fourth-order valence-corrected chi connectivity index (χ4v) is 2.73. The van der Waals surface area contributed by atoms with Crippen LogP contribution in [0.25, 0.3) is 0 Å². The molecule has 29 heavy (non-hydrogen) atoms. The zero-order valence-corrected chi connectivity index (χ0v) is 17.2. The van der Waals surface area contributed by atoms with Crippen LogP contribution in [0.5, 0.6) is 0 Å². The highest BCUT2D eigenvalue weighted by atomic mass is 35.5. The van der Waals surface area contributed by atoms with Gasteiger partial charge in [0.2, 0.25) is 5.95 Å². The molecule has 2 aromatic carbocycles. The van der Waals surface area contributed by atoms with Gasteiger partial charge >= 0.3 is 0 Å². The molecule has 1 aromatic heterocycles. The first-order valence-corrected chi connectivity index (χ1v) is 9.41. The first-order chi connectivity index (χ1) is 13.7. The smallest absolute Gasteiger partial charge is 0.255 e. The van der Waals surface area contributed by atoms with Gasteiger partial charge in [0.1, 0.15) is 0 Å². The first kappa shape index (κ1) is 20.4. The number of aromatic nitrogens is 2. The Kier molecular flexibility index (Phi) is 5.86. The van der Waals surface area contributed by atoms with Crippen LogP contribution in [0.3, 0.4) is 0 Å². The van der Waals surface area contributed by atoms with E-state index in [9.17, 15) is 4.79 Å². The molecular weight excluding hydrogens is 384 g/mol. The van der Waals surface area contributed by atoms with Gasteiger partial charge < -0.3 is 11.1 Å². The van der Waals surface area contributed by atoms with Crippen molar-refractivity contribution in [3.8, 4) is 11.8 Å². The number of carbonyl (C=O) groups is 1. The van der Waals surface area contributed by atoms with Gasteiger partial charge in [0.15, 0.2) is 0 Å². The molecule has 3 aromatic rings. The van der Waals surface area contributed by atoms with Crippen molar-refractivity contribution in [3.05, 3.63) is 82.1 Å². The van der Waals surface area contributed by atoms with Gasteiger partial charge in [-0.15, -0.1) is 0 Å². The summed E-state index contributed by atoms with van der Waals surface area (Å²) in [6, 6.07) is 12.8. The Labute approximate surface area is 175 Å². The second-order valence-corrected chi connectivity index (χ2v) is 7.96. The Balaban J connectivity index is 1.78. The summed E-state index contributed by atoms with van der Waals surface area (Å²) in [5.41, 5.74) is 9.06. The minimum absolute atomic E-state index is 0.0573. The van der Waals surface area contributed by atoms with Crippen LogP contribution in [0.4, 0.5) is 11.6 Å². The molecule has 146 valence electrons. The van der Waals surface area contributed by atoms with Crippen LogP contribution in [-0.4, -0.2) is 15.9 Å². The van der Waals surface area contributed by atoms with Crippen molar-refractivity contribution >= 4 is 29.1 Å². The number of halogens is 1. The van der Waals surface area contributed by atoms with Crippen molar-refractivity contribution in [2.45, 2.75) is 26.2 Å². The van der Waals surface area contributed by atoms with Crippen molar-refractivity contribution in [1.29, 1.82) is 0 Å². The highest BCUT2D eigenvalue weighted by Crippen LogP contribution is 2.24. The van der Waals surface area contributed by atoms with Crippen LogP contribution in [0.15, 0.2) is 54.9 Å². The van der Waals surface area contributed by atoms with Crippen LogP contribution in [-0.2, 0) is 5.41 Å². The van der Waals surface area contributed by atoms with E-state index in [1.165, 1.54) is 18.0 Å². The molecule has 0 unspecified atom stereocenters. The van der Waals surface area contributed by atoms with E-state index in [1.54, 1.807) is 18.2 Å². The number of nitrogens with two attached hydrogens (primary N) is 1. The van der Waals surface area contributed by atoms with E-state index in [-0.39, 0.29) is 17.3 Å². The van der Waals surface area contributed by atoms with E-state index in [4.69, 9.17) is 17.3 Å². The molecule has 0 bridgehead atoms. The molecule has 0 atom stereocenters. The average Bonchev–Trinajstić information content (AvgIpc) is 2.68. The lowest BCUT2D eigenvalue weighted by Gasteiger charge is -2.19. The van der Waals surface area contributed by atoms with Gasteiger partial charge in [0.05, 0.1) is 10.6 Å². The number of anilines is 2. The Morgan fingerprint density at radius 2 is 1.69 bits per heavy atom. The maximum absolute atomic E-state index is 12.6. The quantitative estimate of drug-likeness (QED) is 0.608. The summed E-state index contributed by atoms with van der Waals surface area (Å²) >= 11 is 6.23. The minimum atomic E-state index is -0.232. The minimum Gasteiger partial charge on any atom is -0.368 e. The number of carbonyl (C=O) groups excluding carboxylic acids is 1. The molecule has 0 radical (unpaired) electrons. The van der Waals surface area contributed by atoms with E-state index in [0.717, 1.165) is 5.69 Å². The summed E-state index contributed by atoms with van der Waals surface area (Å²) in [5, 5.41) is 3.36. The second-order valence-electron chi connectivity index (χ2n) is 7.56. The summed E-state index contributed by atoms with van der Waals surface area (Å²) in [7, 11) is 0. The summed E-state index contributed by atoms with van der Waals surface area (Å²) in [6.45, 7) is 6.44. The Bertz CT molecular complexity index is 1090. The number of amides is 1. The fourth-order valence-electron chi connectivity index (χ4n) is 2.56. The van der Waals surface area contributed by atoms with Crippen LogP contribution in [0, 0.1) is 11.8 Å². The van der Waals surface area contributed by atoms with Gasteiger partial charge in [-0.3, -0.25) is 4.79 Å². The molecule has 1 amide bonds. The largest absolute Gasteiger partial charge is 0.368 e. The number of benzene rings is 2. The van der Waals surface area contributed by atoms with Gasteiger partial charge in [0, 0.05) is 29.2 Å². The first-order valence-electron chi connectivity index (χ1n) is 9.03. The number of nitrogens with zero attached hydrogens (tertiary/aromatic N) is 2. The number of hydrogen-bond donors (Lipinski definition) is 2. The van der Waals surface area contributed by atoms with Gasteiger partial charge in [-0.05, 0) is 41.3 Å². The third kappa shape index (κ3) is 5.34. The van der Waals surface area contributed by atoms with Gasteiger partial charge in [-0.1, -0.05) is 56.3 Å². The Morgan fingerprint density at radius 1 is 1.03 bits per heavy atom. The standard InChI is InChI=1S/C23H21ClN4O/c1-23(2,3)18-7-9-19(10-8-18)28-21(29)17-6-11-20(24)16(12-17)5-4-15-13-26-22(25)27-14-15/h6-14H,1-3H3,(H,28,29)(H2,25,26,27). The zero-order valence-electron chi connectivity index (χ0n) is 16.5. The monoisotopic (exact) mass is 404 g/mol. The lowest BCUT2D eigenvalue weighted by Crippen LogP contribution is -2.13. The van der Waals surface area contributed by atoms with Gasteiger partial charge in [-0.25, -0.2) is 9.97 Å². The lowest BCUT2D eigenvalue weighted by atomic mass is 9.87. The molecule has 0 fully saturated rings. The second kappa shape index (κ2) is 8.34. The summed E-state index contributed by atoms with van der Waals surface area (Å²) in [5.74, 6) is 5.82. The molecule has 0 aliphatic carbocycles. The molecule has 1 heterocycles. The van der Waals surface area contributed by atoms with E-state index < -0.39 is 0 Å². The average molecular weight is 405 g/mol. The summed E-state index contributed by atoms with van der Waals surface area (Å²) in [6.07, 6.45) is 3.06. The number of nitrogen functional groups attached to an aromatic ring is 1. The molecule has 0 aliphatic heterocycles. The van der Waals surface area contributed by atoms with Crippen LogP contribution in [0.2, 0.25) is 5.02 Å². The number of nitrogens with one attached hydrogen (secondary N) is 1. The number of rotatable bonds is 2. The molecule has 3 rings (SSSR count). The highest BCUT2D eigenvalue weighted by molar-refractivity contribution is 6.32. The third-order valence-corrected chi connectivity index (χ3v) is 4.58. The predicted octanol–water partition coefficient (Wildman–Crippen LogP) is 4.66. The van der Waals surface area contributed by atoms with Crippen molar-refractivity contribution in [1.82, 2.24) is 9.97 Å². The highest BCUT2D eigenvalue weighted by Gasteiger charge is 2.14. The Hall–Kier alpha value is -3.36. The van der Waals surface area contributed by atoms with Gasteiger partial charge in [0.25, 0.3) is 5.91 Å². The molecule has 0 spiro atoms. The number of hydrogen-bond acceptors (Lipinski definition) is 4. The molecule has 0 saturated carbocycles. The summed E-state index contributed by atoms with van der Waals surface area (Å²) in [4.78, 5) is 20.4. The van der Waals surface area contributed by atoms with E-state index in [2.05, 4.69) is 47.9 Å². The van der Waals surface area contributed by atoms with E-state index in [0.29, 0.717) is 21.7 Å². The van der Waals surface area contributed by atoms with Crippen molar-refractivity contribution in [2.24, 2.45) is 0 Å². The fraction of sp³-hybridized carbons (Fsp3) is 0.174. The normalized spacial score (nSPS) is 10.8. The zero-order chi connectivity index (χ0) is 21.0. The molecule has 5 nitrogen and oxygen atoms in total. The maximum Gasteiger partial charge on any atom is 0.255 e. The maximum atomic E-state index is 12.6. The summed E-state index contributed by atoms with van der Waals surface area (Å²) < 4.78 is 0. The van der Waals surface area contributed by atoms with Crippen molar-refractivity contribution in [3.63, 3.8) is 0 Å². The van der Waals surface area contributed by atoms with E-state index >= 15 is 0 Å². The van der Waals surface area contributed by atoms with Crippen LogP contribution >= 0.6 is 11.6 Å². The van der Waals surface area contributed by atoms with Crippen LogP contribution in [0.1, 0.15) is 47.8 Å².